The number of para-hydroxylation sites is 2. The normalized spacial score (nSPS) is 18.9. The Morgan fingerprint density at radius 3 is 2.69 bits per heavy atom. The minimum absolute atomic E-state index is 0. The van der Waals surface area contributed by atoms with Gasteiger partial charge in [-0.3, -0.25) is 0 Å². The van der Waals surface area contributed by atoms with Crippen molar-refractivity contribution < 1.29 is 9.47 Å². The second kappa shape index (κ2) is 6.61. The van der Waals surface area contributed by atoms with Gasteiger partial charge < -0.3 is 14.8 Å². The zero-order chi connectivity index (χ0) is 10.5. The maximum atomic E-state index is 5.75. The Labute approximate surface area is 103 Å². The summed E-state index contributed by atoms with van der Waals surface area (Å²) in [6.07, 6.45) is 1.20. The molecule has 0 aromatic heterocycles. The first-order chi connectivity index (χ1) is 7.40. The summed E-state index contributed by atoms with van der Waals surface area (Å²) in [7, 11) is 1.67. The predicted octanol–water partition coefficient (Wildman–Crippen LogP) is 2.11. The molecule has 0 radical (unpaired) electrons. The Bertz CT molecular complexity index is 314. The van der Waals surface area contributed by atoms with E-state index in [0.717, 1.165) is 31.2 Å². The summed E-state index contributed by atoms with van der Waals surface area (Å²) in [4.78, 5) is 0. The van der Waals surface area contributed by atoms with Crippen molar-refractivity contribution in [2.24, 2.45) is 5.92 Å². The molecule has 1 heterocycles. The quantitative estimate of drug-likeness (QED) is 0.879. The number of methoxy groups -OCH3 is 1. The Balaban J connectivity index is 0.00000128. The summed E-state index contributed by atoms with van der Waals surface area (Å²) < 4.78 is 11.0. The van der Waals surface area contributed by atoms with Crippen molar-refractivity contribution in [3.63, 3.8) is 0 Å². The van der Waals surface area contributed by atoms with Gasteiger partial charge in [0.2, 0.25) is 0 Å². The van der Waals surface area contributed by atoms with Crippen LogP contribution in [0.1, 0.15) is 6.42 Å². The van der Waals surface area contributed by atoms with Crippen LogP contribution < -0.4 is 14.8 Å². The summed E-state index contributed by atoms with van der Waals surface area (Å²) >= 11 is 0. The lowest BCUT2D eigenvalue weighted by atomic mass is 10.1. The third-order valence-electron chi connectivity index (χ3n) is 2.71. The minimum atomic E-state index is 0. The van der Waals surface area contributed by atoms with Crippen molar-refractivity contribution in [2.75, 3.05) is 26.8 Å². The number of halogens is 1. The lowest BCUT2D eigenvalue weighted by molar-refractivity contribution is 0.247. The van der Waals surface area contributed by atoms with Crippen molar-refractivity contribution in [1.82, 2.24) is 5.32 Å². The largest absolute Gasteiger partial charge is 0.493 e. The fraction of sp³-hybridized carbons (Fsp3) is 0.500. The van der Waals surface area contributed by atoms with Gasteiger partial charge in [0.05, 0.1) is 13.7 Å². The SMILES string of the molecule is COc1ccccc1OCC1CCNC1.Cl. The zero-order valence-electron chi connectivity index (χ0n) is 9.44. The molecule has 0 aliphatic carbocycles. The topological polar surface area (TPSA) is 30.5 Å². The molecule has 1 atom stereocenters. The van der Waals surface area contributed by atoms with Crippen molar-refractivity contribution in [3.05, 3.63) is 24.3 Å². The Kier molecular flexibility index (Phi) is 5.43. The third-order valence-corrected chi connectivity index (χ3v) is 2.71. The Morgan fingerprint density at radius 1 is 1.31 bits per heavy atom. The van der Waals surface area contributed by atoms with Gasteiger partial charge in [-0.05, 0) is 25.1 Å². The molecule has 0 saturated carbocycles. The van der Waals surface area contributed by atoms with Gasteiger partial charge in [-0.1, -0.05) is 12.1 Å². The van der Waals surface area contributed by atoms with Crippen LogP contribution in [-0.4, -0.2) is 26.8 Å². The molecule has 3 nitrogen and oxygen atoms in total. The van der Waals surface area contributed by atoms with Crippen LogP contribution in [0.15, 0.2) is 24.3 Å². The lowest BCUT2D eigenvalue weighted by Crippen LogP contribution is -2.15. The monoisotopic (exact) mass is 243 g/mol. The first-order valence-electron chi connectivity index (χ1n) is 5.36. The zero-order valence-corrected chi connectivity index (χ0v) is 10.3. The van der Waals surface area contributed by atoms with Crippen molar-refractivity contribution in [2.45, 2.75) is 6.42 Å². The summed E-state index contributed by atoms with van der Waals surface area (Å²) in [6.45, 7) is 2.95. The molecule has 1 aromatic rings. The van der Waals surface area contributed by atoms with E-state index in [-0.39, 0.29) is 12.4 Å². The fourth-order valence-electron chi connectivity index (χ4n) is 1.80. The van der Waals surface area contributed by atoms with Gasteiger partial charge in [-0.25, -0.2) is 0 Å². The van der Waals surface area contributed by atoms with E-state index < -0.39 is 0 Å². The summed E-state index contributed by atoms with van der Waals surface area (Å²) in [5, 5.41) is 3.33. The number of rotatable bonds is 4. The molecule has 4 heteroatoms. The van der Waals surface area contributed by atoms with Gasteiger partial charge in [-0.15, -0.1) is 12.4 Å². The highest BCUT2D eigenvalue weighted by atomic mass is 35.5. The molecule has 90 valence electrons. The molecule has 1 fully saturated rings. The highest BCUT2D eigenvalue weighted by molar-refractivity contribution is 5.85. The summed E-state index contributed by atoms with van der Waals surface area (Å²) in [6, 6.07) is 7.77. The smallest absolute Gasteiger partial charge is 0.161 e. The average Bonchev–Trinajstić information content (AvgIpc) is 2.79. The van der Waals surface area contributed by atoms with Crippen LogP contribution in [0.5, 0.6) is 11.5 Å². The van der Waals surface area contributed by atoms with E-state index in [0.29, 0.717) is 5.92 Å². The van der Waals surface area contributed by atoms with Crippen LogP contribution >= 0.6 is 12.4 Å². The van der Waals surface area contributed by atoms with E-state index in [2.05, 4.69) is 5.32 Å². The molecule has 0 spiro atoms. The van der Waals surface area contributed by atoms with Gasteiger partial charge in [0, 0.05) is 12.5 Å². The second-order valence-electron chi connectivity index (χ2n) is 3.82. The highest BCUT2D eigenvalue weighted by Crippen LogP contribution is 2.26. The minimum Gasteiger partial charge on any atom is -0.493 e. The molecule has 2 rings (SSSR count). The van der Waals surface area contributed by atoms with Crippen LogP contribution in [0, 0.1) is 5.92 Å². The van der Waals surface area contributed by atoms with E-state index in [1.807, 2.05) is 24.3 Å². The number of ether oxygens (including phenoxy) is 2. The van der Waals surface area contributed by atoms with Crippen LogP contribution in [0.4, 0.5) is 0 Å². The average molecular weight is 244 g/mol. The maximum absolute atomic E-state index is 5.75. The van der Waals surface area contributed by atoms with E-state index in [9.17, 15) is 0 Å². The van der Waals surface area contributed by atoms with Gasteiger partial charge >= 0.3 is 0 Å². The van der Waals surface area contributed by atoms with Crippen molar-refractivity contribution in [3.8, 4) is 11.5 Å². The first kappa shape index (κ1) is 13.1. The molecule has 0 amide bonds. The molecule has 1 aliphatic heterocycles. The van der Waals surface area contributed by atoms with E-state index in [1.165, 1.54) is 6.42 Å². The molecular formula is C12H18ClNO2. The number of hydrogen-bond donors (Lipinski definition) is 1. The first-order valence-corrected chi connectivity index (χ1v) is 5.36. The van der Waals surface area contributed by atoms with E-state index in [1.54, 1.807) is 7.11 Å². The molecular weight excluding hydrogens is 226 g/mol. The lowest BCUT2D eigenvalue weighted by Gasteiger charge is -2.13. The van der Waals surface area contributed by atoms with Crippen LogP contribution in [-0.2, 0) is 0 Å². The van der Waals surface area contributed by atoms with Crippen molar-refractivity contribution >= 4 is 12.4 Å². The third kappa shape index (κ3) is 3.29. The van der Waals surface area contributed by atoms with Gasteiger partial charge in [0.15, 0.2) is 11.5 Å². The number of benzene rings is 1. The number of hydrogen-bond acceptors (Lipinski definition) is 3. The summed E-state index contributed by atoms with van der Waals surface area (Å²) in [5.74, 6) is 2.28. The molecule has 0 bridgehead atoms. The Morgan fingerprint density at radius 2 is 2.06 bits per heavy atom. The van der Waals surface area contributed by atoms with Crippen molar-refractivity contribution in [1.29, 1.82) is 0 Å². The Hall–Kier alpha value is -0.930. The molecule has 1 aromatic carbocycles. The maximum Gasteiger partial charge on any atom is 0.161 e. The van der Waals surface area contributed by atoms with Crippen LogP contribution in [0.3, 0.4) is 0 Å². The highest BCUT2D eigenvalue weighted by Gasteiger charge is 2.15. The van der Waals surface area contributed by atoms with Gasteiger partial charge in [-0.2, -0.15) is 0 Å². The fourth-order valence-corrected chi connectivity index (χ4v) is 1.80. The van der Waals surface area contributed by atoms with E-state index >= 15 is 0 Å². The predicted molar refractivity (Wildman–Crippen MR) is 66.7 cm³/mol. The number of nitrogens with one attached hydrogen (secondary N) is 1. The standard InChI is InChI=1S/C12H17NO2.ClH/c1-14-11-4-2-3-5-12(11)15-9-10-6-7-13-8-10;/h2-5,10,13H,6-9H2,1H3;1H. The van der Waals surface area contributed by atoms with Crippen LogP contribution in [0.2, 0.25) is 0 Å². The molecule has 1 unspecified atom stereocenters. The molecule has 16 heavy (non-hydrogen) atoms. The van der Waals surface area contributed by atoms with Crippen LogP contribution in [0.25, 0.3) is 0 Å². The van der Waals surface area contributed by atoms with E-state index in [4.69, 9.17) is 9.47 Å². The van der Waals surface area contributed by atoms with Gasteiger partial charge in [0.25, 0.3) is 0 Å². The van der Waals surface area contributed by atoms with Gasteiger partial charge in [0.1, 0.15) is 0 Å². The summed E-state index contributed by atoms with van der Waals surface area (Å²) in [5.41, 5.74) is 0. The second-order valence-corrected chi connectivity index (χ2v) is 3.82. The molecule has 1 aliphatic rings. The molecule has 1 saturated heterocycles. The molecule has 1 N–H and O–H groups in total.